The van der Waals surface area contributed by atoms with Gasteiger partial charge in [-0.1, -0.05) is 18.2 Å². The van der Waals surface area contributed by atoms with Gasteiger partial charge in [-0.3, -0.25) is 9.89 Å². The average Bonchev–Trinajstić information content (AvgIpc) is 3.57. The summed E-state index contributed by atoms with van der Waals surface area (Å²) in [6.45, 7) is 1.83. The van der Waals surface area contributed by atoms with Crippen molar-refractivity contribution in [3.05, 3.63) is 66.4 Å². The molecule has 0 saturated heterocycles. The maximum Gasteiger partial charge on any atom is 0.227 e. The van der Waals surface area contributed by atoms with E-state index in [0.29, 0.717) is 28.9 Å². The van der Waals surface area contributed by atoms with E-state index in [1.807, 2.05) is 31.2 Å². The summed E-state index contributed by atoms with van der Waals surface area (Å²) in [7, 11) is 1.59. The molecule has 4 aromatic rings. The minimum atomic E-state index is -0.325. The molecule has 1 fully saturated rings. The van der Waals surface area contributed by atoms with Crippen molar-refractivity contribution >= 4 is 34.1 Å². The summed E-state index contributed by atoms with van der Waals surface area (Å²) in [5, 5.41) is 14.0. The molecule has 1 aliphatic carbocycles. The lowest BCUT2D eigenvalue weighted by Crippen LogP contribution is -2.13. The quantitative estimate of drug-likeness (QED) is 0.424. The van der Waals surface area contributed by atoms with E-state index >= 15 is 0 Å². The number of carbonyl (C=O) groups is 1. The van der Waals surface area contributed by atoms with E-state index in [9.17, 15) is 9.18 Å². The fourth-order valence-electron chi connectivity index (χ4n) is 3.02. The molecule has 0 spiro atoms. The lowest BCUT2D eigenvalue weighted by atomic mass is 10.2. The first-order valence-corrected chi connectivity index (χ1v) is 10.2. The lowest BCUT2D eigenvalue weighted by Gasteiger charge is -2.08. The van der Waals surface area contributed by atoms with Gasteiger partial charge >= 0.3 is 0 Å². The molecular formula is C23H23FN6O2. The monoisotopic (exact) mass is 434 g/mol. The van der Waals surface area contributed by atoms with Crippen LogP contribution in [-0.2, 0) is 4.79 Å². The molecule has 1 saturated carbocycles. The van der Waals surface area contributed by atoms with E-state index in [2.05, 4.69) is 30.8 Å². The SMILES string of the molecule is COc1cnc(C)nc1Nc1n[nH]c2ccccc12.O=C(Nc1cccc(F)c1)C1CC1. The van der Waals surface area contributed by atoms with Crippen molar-refractivity contribution in [1.29, 1.82) is 0 Å². The number of hydrogen-bond acceptors (Lipinski definition) is 6. The maximum atomic E-state index is 12.7. The van der Waals surface area contributed by atoms with Gasteiger partial charge in [0.2, 0.25) is 5.91 Å². The van der Waals surface area contributed by atoms with Gasteiger partial charge in [0.1, 0.15) is 11.6 Å². The molecule has 1 amide bonds. The molecule has 2 aromatic heterocycles. The van der Waals surface area contributed by atoms with Crippen molar-refractivity contribution in [1.82, 2.24) is 20.2 Å². The number of nitrogens with one attached hydrogen (secondary N) is 3. The molecule has 8 nitrogen and oxygen atoms in total. The van der Waals surface area contributed by atoms with Crippen LogP contribution in [0.3, 0.4) is 0 Å². The van der Waals surface area contributed by atoms with Crippen LogP contribution in [0, 0.1) is 18.7 Å². The number of aromatic amines is 1. The van der Waals surface area contributed by atoms with Gasteiger partial charge in [-0.2, -0.15) is 5.10 Å². The van der Waals surface area contributed by atoms with Crippen molar-refractivity contribution in [3.8, 4) is 5.75 Å². The zero-order valence-corrected chi connectivity index (χ0v) is 17.7. The number of halogens is 1. The number of anilines is 3. The Labute approximate surface area is 184 Å². The van der Waals surface area contributed by atoms with Crippen LogP contribution >= 0.6 is 0 Å². The third-order valence-corrected chi connectivity index (χ3v) is 4.84. The number of methoxy groups -OCH3 is 1. The van der Waals surface area contributed by atoms with E-state index in [4.69, 9.17) is 4.74 Å². The van der Waals surface area contributed by atoms with Gasteiger partial charge < -0.3 is 15.4 Å². The van der Waals surface area contributed by atoms with Crippen LogP contribution in [0.5, 0.6) is 5.75 Å². The first-order valence-electron chi connectivity index (χ1n) is 10.2. The summed E-state index contributed by atoms with van der Waals surface area (Å²) < 4.78 is 17.9. The number of amides is 1. The van der Waals surface area contributed by atoms with Gasteiger partial charge in [-0.05, 0) is 50.1 Å². The number of carbonyl (C=O) groups excluding carboxylic acids is 1. The standard InChI is InChI=1S/C13H13N5O.C10H10FNO/c1-8-14-7-11(19-2)13(15-8)16-12-9-5-3-4-6-10(9)17-18-12;11-8-2-1-3-9(6-8)12-10(13)7-4-5-7/h3-7H,1-2H3,(H2,14,15,16,17,18);1-3,6-7H,4-5H2,(H,12,13). The Morgan fingerprint density at radius 3 is 2.72 bits per heavy atom. The molecule has 0 unspecified atom stereocenters. The van der Waals surface area contributed by atoms with Crippen molar-refractivity contribution in [3.63, 3.8) is 0 Å². The summed E-state index contributed by atoms with van der Waals surface area (Å²) >= 11 is 0. The van der Waals surface area contributed by atoms with E-state index in [1.54, 1.807) is 25.4 Å². The summed E-state index contributed by atoms with van der Waals surface area (Å²) in [5.74, 6) is 2.41. The van der Waals surface area contributed by atoms with Crippen molar-refractivity contribution in [2.75, 3.05) is 17.7 Å². The Bertz CT molecular complexity index is 1240. The molecule has 0 bridgehead atoms. The molecule has 32 heavy (non-hydrogen) atoms. The molecule has 2 aromatic carbocycles. The van der Waals surface area contributed by atoms with Crippen LogP contribution in [0.2, 0.25) is 0 Å². The van der Waals surface area contributed by atoms with Crippen LogP contribution in [0.4, 0.5) is 21.7 Å². The molecule has 5 rings (SSSR count). The predicted molar refractivity (Wildman–Crippen MR) is 120 cm³/mol. The van der Waals surface area contributed by atoms with Crippen LogP contribution in [0.25, 0.3) is 10.9 Å². The minimum Gasteiger partial charge on any atom is -0.491 e. The highest BCUT2D eigenvalue weighted by Gasteiger charge is 2.29. The smallest absolute Gasteiger partial charge is 0.227 e. The van der Waals surface area contributed by atoms with Crippen LogP contribution in [0.15, 0.2) is 54.7 Å². The van der Waals surface area contributed by atoms with E-state index in [0.717, 1.165) is 23.7 Å². The second-order valence-corrected chi connectivity index (χ2v) is 7.35. The average molecular weight is 434 g/mol. The van der Waals surface area contributed by atoms with E-state index < -0.39 is 0 Å². The molecule has 0 aliphatic heterocycles. The molecule has 1 aliphatic rings. The van der Waals surface area contributed by atoms with Gasteiger partial charge in [0.25, 0.3) is 0 Å². The molecule has 3 N–H and O–H groups in total. The highest BCUT2D eigenvalue weighted by atomic mass is 19.1. The number of hydrogen-bond donors (Lipinski definition) is 3. The normalized spacial score (nSPS) is 12.6. The highest BCUT2D eigenvalue weighted by molar-refractivity contribution is 5.94. The summed E-state index contributed by atoms with van der Waals surface area (Å²) in [4.78, 5) is 19.7. The maximum absolute atomic E-state index is 12.7. The van der Waals surface area contributed by atoms with E-state index in [-0.39, 0.29) is 17.6 Å². The summed E-state index contributed by atoms with van der Waals surface area (Å²) in [6, 6.07) is 13.8. The minimum absolute atomic E-state index is 0.00519. The Morgan fingerprint density at radius 2 is 1.97 bits per heavy atom. The Hall–Kier alpha value is -4.01. The number of rotatable bonds is 5. The number of benzene rings is 2. The number of ether oxygens (including phenoxy) is 1. The molecular weight excluding hydrogens is 411 g/mol. The fourth-order valence-corrected chi connectivity index (χ4v) is 3.02. The summed E-state index contributed by atoms with van der Waals surface area (Å²) in [6.07, 6.45) is 3.56. The largest absolute Gasteiger partial charge is 0.491 e. The summed E-state index contributed by atoms with van der Waals surface area (Å²) in [5.41, 5.74) is 1.51. The van der Waals surface area contributed by atoms with Gasteiger partial charge in [0.05, 0.1) is 18.8 Å². The third kappa shape index (κ3) is 5.18. The highest BCUT2D eigenvalue weighted by Crippen LogP contribution is 2.30. The van der Waals surface area contributed by atoms with Crippen LogP contribution < -0.4 is 15.4 Å². The Kier molecular flexibility index (Phi) is 6.25. The first kappa shape index (κ1) is 21.2. The van der Waals surface area contributed by atoms with Crippen LogP contribution in [-0.4, -0.2) is 33.2 Å². The van der Waals surface area contributed by atoms with Gasteiger partial charge in [-0.15, -0.1) is 0 Å². The van der Waals surface area contributed by atoms with Crippen molar-refractivity contribution in [2.24, 2.45) is 5.92 Å². The van der Waals surface area contributed by atoms with Gasteiger partial charge in [0, 0.05) is 17.0 Å². The number of fused-ring (bicyclic) bond motifs is 1. The molecule has 9 heteroatoms. The topological polar surface area (TPSA) is 105 Å². The number of nitrogens with zero attached hydrogens (tertiary/aromatic N) is 3. The van der Waals surface area contributed by atoms with Crippen molar-refractivity contribution in [2.45, 2.75) is 19.8 Å². The number of aromatic nitrogens is 4. The molecule has 0 radical (unpaired) electrons. The second kappa shape index (κ2) is 9.42. The first-order chi connectivity index (χ1) is 15.5. The van der Waals surface area contributed by atoms with Crippen LogP contribution in [0.1, 0.15) is 18.7 Å². The fraction of sp³-hybridized carbons (Fsp3) is 0.217. The number of para-hydroxylation sites is 1. The predicted octanol–water partition coefficient (Wildman–Crippen LogP) is 4.59. The second-order valence-electron chi connectivity index (χ2n) is 7.35. The number of aryl methyl sites for hydroxylation is 1. The van der Waals surface area contributed by atoms with E-state index in [1.165, 1.54) is 12.1 Å². The number of H-pyrrole nitrogens is 1. The van der Waals surface area contributed by atoms with Gasteiger partial charge in [-0.25, -0.2) is 14.4 Å². The zero-order chi connectivity index (χ0) is 22.5. The Morgan fingerprint density at radius 1 is 1.16 bits per heavy atom. The molecule has 2 heterocycles. The third-order valence-electron chi connectivity index (χ3n) is 4.84. The zero-order valence-electron chi connectivity index (χ0n) is 17.7. The molecule has 164 valence electrons. The van der Waals surface area contributed by atoms with Gasteiger partial charge in [0.15, 0.2) is 17.4 Å². The molecule has 0 atom stereocenters. The Balaban J connectivity index is 0.000000165. The van der Waals surface area contributed by atoms with Crippen molar-refractivity contribution < 1.29 is 13.9 Å². The lowest BCUT2D eigenvalue weighted by molar-refractivity contribution is -0.117.